The Kier molecular flexibility index (Phi) is 5.46. The highest BCUT2D eigenvalue weighted by atomic mass is 35.5. The van der Waals surface area contributed by atoms with Crippen molar-refractivity contribution < 1.29 is 23.9 Å². The fraction of sp³-hybridized carbons (Fsp3) is 0.172. The van der Waals surface area contributed by atoms with E-state index in [1.807, 2.05) is 35.2 Å². The van der Waals surface area contributed by atoms with Gasteiger partial charge in [0.15, 0.2) is 5.78 Å². The molecule has 0 aromatic heterocycles. The molecule has 2 amide bonds. The van der Waals surface area contributed by atoms with Crippen LogP contribution in [0.15, 0.2) is 79.0 Å². The van der Waals surface area contributed by atoms with Crippen LogP contribution in [-0.2, 0) is 14.3 Å². The van der Waals surface area contributed by atoms with E-state index in [0.29, 0.717) is 10.6 Å². The molecule has 2 saturated heterocycles. The third-order valence-corrected chi connectivity index (χ3v) is 7.66. The second kappa shape index (κ2) is 8.71. The van der Waals surface area contributed by atoms with E-state index in [9.17, 15) is 19.2 Å². The van der Waals surface area contributed by atoms with Crippen molar-refractivity contribution in [2.45, 2.75) is 12.1 Å². The molecule has 4 atom stereocenters. The average molecular weight is 513 g/mol. The van der Waals surface area contributed by atoms with Crippen LogP contribution in [-0.4, -0.2) is 41.6 Å². The average Bonchev–Trinajstić information content (AvgIpc) is 3.40. The molecule has 3 aliphatic rings. The van der Waals surface area contributed by atoms with Crippen molar-refractivity contribution in [3.8, 4) is 0 Å². The lowest BCUT2D eigenvalue weighted by molar-refractivity contribution is -0.123. The first-order valence-electron chi connectivity index (χ1n) is 11.8. The summed E-state index contributed by atoms with van der Waals surface area (Å²) in [5.74, 6) is -3.65. The quantitative estimate of drug-likeness (QED) is 0.290. The highest BCUT2D eigenvalue weighted by Crippen LogP contribution is 2.54. The predicted octanol–water partition coefficient (Wildman–Crippen LogP) is 4.52. The van der Waals surface area contributed by atoms with Crippen molar-refractivity contribution in [1.29, 1.82) is 0 Å². The summed E-state index contributed by atoms with van der Waals surface area (Å²) in [6.07, 6.45) is 3.70. The highest BCUT2D eigenvalue weighted by molar-refractivity contribution is 6.30. The Morgan fingerprint density at radius 2 is 1.54 bits per heavy atom. The third-order valence-electron chi connectivity index (χ3n) is 7.41. The van der Waals surface area contributed by atoms with Gasteiger partial charge in [-0.1, -0.05) is 48.0 Å². The van der Waals surface area contributed by atoms with Crippen molar-refractivity contribution in [3.63, 3.8) is 0 Å². The summed E-state index contributed by atoms with van der Waals surface area (Å²) < 4.78 is 4.89. The third kappa shape index (κ3) is 3.42. The lowest BCUT2D eigenvalue weighted by Gasteiger charge is -2.35. The molecule has 7 nitrogen and oxygen atoms in total. The Balaban J connectivity index is 1.50. The first kappa shape index (κ1) is 23.2. The van der Waals surface area contributed by atoms with E-state index in [4.69, 9.17) is 16.3 Å². The van der Waals surface area contributed by atoms with Gasteiger partial charge < -0.3 is 9.64 Å². The first-order chi connectivity index (χ1) is 17.9. The van der Waals surface area contributed by atoms with Gasteiger partial charge in [-0.2, -0.15) is 0 Å². The molecule has 3 aromatic carbocycles. The van der Waals surface area contributed by atoms with Gasteiger partial charge >= 0.3 is 5.97 Å². The number of amides is 2. The van der Waals surface area contributed by atoms with Crippen molar-refractivity contribution in [2.75, 3.05) is 12.0 Å². The van der Waals surface area contributed by atoms with Crippen LogP contribution in [0, 0.1) is 11.8 Å². The summed E-state index contributed by atoms with van der Waals surface area (Å²) >= 11 is 6.04. The highest BCUT2D eigenvalue weighted by Gasteiger charge is 2.64. The van der Waals surface area contributed by atoms with Gasteiger partial charge in [-0.05, 0) is 53.6 Å². The summed E-state index contributed by atoms with van der Waals surface area (Å²) in [4.78, 5) is 57.4. The molecule has 0 saturated carbocycles. The van der Waals surface area contributed by atoms with Crippen LogP contribution in [0.3, 0.4) is 0 Å². The SMILES string of the molecule is COC(=O)c1ccccc1N1C(=O)[C@@H]2[C@@H](C1=O)[C@@H]1c3ccccc3C=CN1[C@@H]2C(=O)c1ccc(Cl)cc1. The minimum Gasteiger partial charge on any atom is -0.465 e. The molecule has 0 spiro atoms. The lowest BCUT2D eigenvalue weighted by atomic mass is 9.83. The number of imide groups is 1. The fourth-order valence-corrected chi connectivity index (χ4v) is 5.96. The van der Waals surface area contributed by atoms with Crippen molar-refractivity contribution in [2.24, 2.45) is 11.8 Å². The number of hydrogen-bond acceptors (Lipinski definition) is 6. The number of anilines is 1. The molecule has 3 heterocycles. The van der Waals surface area contributed by atoms with Crippen LogP contribution in [0.4, 0.5) is 5.69 Å². The topological polar surface area (TPSA) is 84.0 Å². The molecule has 0 unspecified atom stereocenters. The monoisotopic (exact) mass is 512 g/mol. The van der Waals surface area contributed by atoms with E-state index in [0.717, 1.165) is 16.0 Å². The summed E-state index contributed by atoms with van der Waals surface area (Å²) in [7, 11) is 1.24. The van der Waals surface area contributed by atoms with Crippen molar-refractivity contribution in [1.82, 2.24) is 4.90 Å². The van der Waals surface area contributed by atoms with Gasteiger partial charge in [-0.3, -0.25) is 14.4 Å². The number of methoxy groups -OCH3 is 1. The molecule has 0 aliphatic carbocycles. The predicted molar refractivity (Wildman–Crippen MR) is 137 cm³/mol. The molecule has 37 heavy (non-hydrogen) atoms. The molecule has 3 aromatic rings. The van der Waals surface area contributed by atoms with E-state index in [2.05, 4.69) is 0 Å². The second-order valence-electron chi connectivity index (χ2n) is 9.22. The summed E-state index contributed by atoms with van der Waals surface area (Å²) in [5.41, 5.74) is 2.46. The number of Topliss-reactive ketones (excluding diaryl/α,β-unsaturated/α-hetero) is 1. The number of para-hydroxylation sites is 1. The van der Waals surface area contributed by atoms with Crippen LogP contribution in [0.25, 0.3) is 6.08 Å². The zero-order chi connectivity index (χ0) is 25.8. The molecule has 6 rings (SSSR count). The van der Waals surface area contributed by atoms with Crippen molar-refractivity contribution in [3.05, 3.63) is 106 Å². The number of nitrogens with zero attached hydrogens (tertiary/aromatic N) is 2. The molecule has 2 fully saturated rings. The number of ether oxygens (including phenoxy) is 1. The molecule has 184 valence electrons. The Hall–Kier alpha value is -4.23. The first-order valence-corrected chi connectivity index (χ1v) is 12.2. The van der Waals surface area contributed by atoms with Gasteiger partial charge in [0.2, 0.25) is 11.8 Å². The van der Waals surface area contributed by atoms with E-state index >= 15 is 0 Å². The Morgan fingerprint density at radius 3 is 2.30 bits per heavy atom. The van der Waals surface area contributed by atoms with Crippen LogP contribution in [0.1, 0.15) is 37.9 Å². The number of ketones is 1. The number of benzene rings is 3. The molecule has 0 bridgehead atoms. The molecular weight excluding hydrogens is 492 g/mol. The van der Waals surface area contributed by atoms with E-state index in [1.165, 1.54) is 13.2 Å². The zero-order valence-corrected chi connectivity index (χ0v) is 20.5. The van der Waals surface area contributed by atoms with E-state index in [-0.39, 0.29) is 17.0 Å². The number of rotatable bonds is 4. The standard InChI is InChI=1S/C29H21ClN2O5/c1-37-29(36)20-8-4-5-9-21(20)32-27(34)22-23(28(32)35)25(26(33)17-10-12-18(30)13-11-17)31-15-14-16-6-2-3-7-19(16)24(22)31/h2-15,22-25H,1H3/t22-,23-,24+,25+/m1/s1. The smallest absolute Gasteiger partial charge is 0.339 e. The normalized spacial score (nSPS) is 23.5. The minimum atomic E-state index is -0.942. The Labute approximate surface area is 217 Å². The number of halogens is 1. The van der Waals surface area contributed by atoms with Gasteiger partial charge in [0.1, 0.15) is 6.04 Å². The molecule has 0 N–H and O–H groups in total. The van der Waals surface area contributed by atoms with E-state index in [1.54, 1.807) is 48.7 Å². The molecular formula is C29H21ClN2O5. The molecule has 8 heteroatoms. The van der Waals surface area contributed by atoms with Crippen molar-refractivity contribution >= 4 is 46.9 Å². The molecule has 0 radical (unpaired) electrons. The minimum absolute atomic E-state index is 0.105. The fourth-order valence-electron chi connectivity index (χ4n) is 5.83. The maximum Gasteiger partial charge on any atom is 0.339 e. The van der Waals surface area contributed by atoms with Gasteiger partial charge in [0.05, 0.1) is 36.2 Å². The van der Waals surface area contributed by atoms with Crippen LogP contribution in [0.5, 0.6) is 0 Å². The van der Waals surface area contributed by atoms with Gasteiger partial charge in [-0.25, -0.2) is 9.69 Å². The summed E-state index contributed by atoms with van der Waals surface area (Å²) in [5, 5.41) is 0.489. The molecule has 3 aliphatic heterocycles. The number of fused-ring (bicyclic) bond motifs is 5. The van der Waals surface area contributed by atoms with Gasteiger partial charge in [0.25, 0.3) is 0 Å². The zero-order valence-electron chi connectivity index (χ0n) is 19.7. The second-order valence-corrected chi connectivity index (χ2v) is 9.66. The van der Waals surface area contributed by atoms with Crippen LogP contribution in [0.2, 0.25) is 5.02 Å². The maximum absolute atomic E-state index is 14.0. The Morgan fingerprint density at radius 1 is 0.865 bits per heavy atom. The summed E-state index contributed by atoms with van der Waals surface area (Å²) in [6, 6.07) is 19.1. The van der Waals surface area contributed by atoms with Crippen LogP contribution >= 0.6 is 11.6 Å². The largest absolute Gasteiger partial charge is 0.465 e. The number of hydrogen-bond donors (Lipinski definition) is 0. The number of carbonyl (C=O) groups excluding carboxylic acids is 4. The number of carbonyl (C=O) groups is 4. The Bertz CT molecular complexity index is 1500. The van der Waals surface area contributed by atoms with E-state index < -0.39 is 41.7 Å². The van der Waals surface area contributed by atoms with Gasteiger partial charge in [-0.15, -0.1) is 0 Å². The van der Waals surface area contributed by atoms with Gasteiger partial charge in [0, 0.05) is 16.8 Å². The lowest BCUT2D eigenvalue weighted by Crippen LogP contribution is -2.44. The number of esters is 1. The summed E-state index contributed by atoms with van der Waals surface area (Å²) in [6.45, 7) is 0. The van der Waals surface area contributed by atoms with Crippen LogP contribution < -0.4 is 4.90 Å². The maximum atomic E-state index is 14.0.